The van der Waals surface area contributed by atoms with Crippen molar-refractivity contribution in [1.82, 2.24) is 0 Å². The first kappa shape index (κ1) is 22.0. The molecule has 0 bridgehead atoms. The molecular formula is C27H34ClN2O+. The first-order valence-electron chi connectivity index (χ1n) is 11.6. The van der Waals surface area contributed by atoms with E-state index < -0.39 is 0 Å². The molecule has 1 aliphatic heterocycles. The van der Waals surface area contributed by atoms with Crippen LogP contribution in [0.1, 0.15) is 57.1 Å². The Labute approximate surface area is 192 Å². The molecule has 4 heteroatoms. The van der Waals surface area contributed by atoms with Gasteiger partial charge in [0.15, 0.2) is 5.71 Å². The van der Waals surface area contributed by atoms with Gasteiger partial charge >= 0.3 is 0 Å². The van der Waals surface area contributed by atoms with Crippen LogP contribution < -0.4 is 9.64 Å². The summed E-state index contributed by atoms with van der Waals surface area (Å²) in [7, 11) is 3.95. The average molecular weight is 438 g/mol. The summed E-state index contributed by atoms with van der Waals surface area (Å²) < 4.78 is 8.13. The maximum absolute atomic E-state index is 6.43. The summed E-state index contributed by atoms with van der Waals surface area (Å²) in [5.41, 5.74) is 6.44. The number of benzene rings is 2. The van der Waals surface area contributed by atoms with E-state index in [4.69, 9.17) is 16.3 Å². The molecule has 4 rings (SSSR count). The molecule has 2 aromatic carbocycles. The second-order valence-electron chi connectivity index (χ2n) is 8.68. The van der Waals surface area contributed by atoms with Gasteiger partial charge in [0.1, 0.15) is 12.8 Å². The van der Waals surface area contributed by atoms with Crippen molar-refractivity contribution in [2.45, 2.75) is 51.4 Å². The third kappa shape index (κ3) is 3.89. The zero-order valence-corrected chi connectivity index (χ0v) is 20.0. The fraction of sp³-hybridized carbons (Fsp3) is 0.444. The van der Waals surface area contributed by atoms with Gasteiger partial charge in [-0.15, -0.1) is 0 Å². The van der Waals surface area contributed by atoms with Gasteiger partial charge in [-0.3, -0.25) is 0 Å². The van der Waals surface area contributed by atoms with E-state index in [0.29, 0.717) is 0 Å². The predicted octanol–water partition coefficient (Wildman–Crippen LogP) is 6.84. The molecular weight excluding hydrogens is 404 g/mol. The van der Waals surface area contributed by atoms with Gasteiger partial charge in [0, 0.05) is 53.1 Å². The molecule has 0 atom stereocenters. The molecule has 0 aromatic heterocycles. The first-order chi connectivity index (χ1) is 15.0. The van der Waals surface area contributed by atoms with Gasteiger partial charge in [-0.25, -0.2) is 0 Å². The molecule has 1 heterocycles. The third-order valence-corrected chi connectivity index (χ3v) is 7.40. The Balaban J connectivity index is 1.73. The lowest BCUT2D eigenvalue weighted by molar-refractivity contribution is -0.401. The summed E-state index contributed by atoms with van der Waals surface area (Å²) in [6, 6.07) is 12.9. The lowest BCUT2D eigenvalue weighted by atomic mass is 9.67. The van der Waals surface area contributed by atoms with E-state index in [2.05, 4.69) is 72.9 Å². The van der Waals surface area contributed by atoms with Crippen LogP contribution in [0, 0.1) is 0 Å². The van der Waals surface area contributed by atoms with Crippen LogP contribution >= 0.6 is 11.6 Å². The van der Waals surface area contributed by atoms with E-state index in [1.165, 1.54) is 54.8 Å². The van der Waals surface area contributed by atoms with E-state index in [1.807, 2.05) is 6.07 Å². The summed E-state index contributed by atoms with van der Waals surface area (Å²) in [6.07, 6.45) is 10.7. The van der Waals surface area contributed by atoms with E-state index in [1.54, 1.807) is 7.11 Å². The number of hydrogen-bond acceptors (Lipinski definition) is 2. The minimum absolute atomic E-state index is 0.0676. The van der Waals surface area contributed by atoms with Crippen LogP contribution in [-0.2, 0) is 5.41 Å². The fourth-order valence-electron chi connectivity index (χ4n) is 5.52. The lowest BCUT2D eigenvalue weighted by Crippen LogP contribution is -2.36. The van der Waals surface area contributed by atoms with Crippen LogP contribution in [0.15, 0.2) is 42.5 Å². The Hall–Kier alpha value is -2.26. The van der Waals surface area contributed by atoms with Crippen molar-refractivity contribution in [3.8, 4) is 5.75 Å². The summed E-state index contributed by atoms with van der Waals surface area (Å²) in [6.45, 7) is 6.34. The fourth-order valence-corrected chi connectivity index (χ4v) is 5.69. The standard InChI is InChI=1S/C27H34ClN2O/c1-5-30(6-2)22-13-10-20(25(19-22)31-4)11-15-26-27(16-8-7-9-17-27)23-18-21(28)12-14-24(23)29(26)3/h10-15,18-19H,5-9,16-17H2,1-4H3/q+1. The monoisotopic (exact) mass is 437 g/mol. The number of hydrogen-bond donors (Lipinski definition) is 0. The van der Waals surface area contributed by atoms with Gasteiger partial charge in [0.05, 0.1) is 12.5 Å². The second-order valence-corrected chi connectivity index (χ2v) is 9.12. The normalized spacial score (nSPS) is 17.5. The maximum Gasteiger partial charge on any atom is 0.209 e. The number of nitrogens with zero attached hydrogens (tertiary/aromatic N) is 2. The third-order valence-electron chi connectivity index (χ3n) is 7.16. The molecule has 0 radical (unpaired) electrons. The van der Waals surface area contributed by atoms with Gasteiger partial charge < -0.3 is 9.64 Å². The highest BCUT2D eigenvalue weighted by Crippen LogP contribution is 2.49. The van der Waals surface area contributed by atoms with Crippen LogP contribution in [0.3, 0.4) is 0 Å². The van der Waals surface area contributed by atoms with Crippen LogP contribution in [0.4, 0.5) is 11.4 Å². The minimum Gasteiger partial charge on any atom is -0.496 e. The number of halogens is 1. The molecule has 0 amide bonds. The number of anilines is 1. The van der Waals surface area contributed by atoms with Gasteiger partial charge in [0.2, 0.25) is 5.69 Å². The molecule has 0 unspecified atom stereocenters. The Kier molecular flexibility index (Phi) is 6.43. The van der Waals surface area contributed by atoms with Crippen LogP contribution in [0.5, 0.6) is 5.75 Å². The van der Waals surface area contributed by atoms with Crippen molar-refractivity contribution >= 4 is 34.8 Å². The summed E-state index contributed by atoms with van der Waals surface area (Å²) in [5.74, 6) is 0.917. The maximum atomic E-state index is 6.43. The second kappa shape index (κ2) is 9.08. The van der Waals surface area contributed by atoms with Crippen molar-refractivity contribution in [3.05, 3.63) is 58.6 Å². The molecule has 0 saturated heterocycles. The van der Waals surface area contributed by atoms with Crippen molar-refractivity contribution in [2.75, 3.05) is 32.1 Å². The molecule has 1 spiro atoms. The quantitative estimate of drug-likeness (QED) is 0.459. The first-order valence-corrected chi connectivity index (χ1v) is 11.9. The van der Waals surface area contributed by atoms with Gasteiger partial charge in [-0.05, 0) is 57.0 Å². The van der Waals surface area contributed by atoms with Crippen molar-refractivity contribution < 1.29 is 9.31 Å². The number of fused-ring (bicyclic) bond motifs is 2. The molecule has 2 aliphatic rings. The molecule has 1 saturated carbocycles. The van der Waals surface area contributed by atoms with Crippen molar-refractivity contribution in [3.63, 3.8) is 0 Å². The van der Waals surface area contributed by atoms with E-state index in [9.17, 15) is 0 Å². The molecule has 0 N–H and O–H groups in total. The average Bonchev–Trinajstić information content (AvgIpc) is 3.00. The van der Waals surface area contributed by atoms with E-state index in [0.717, 1.165) is 29.4 Å². The number of ether oxygens (including phenoxy) is 1. The molecule has 164 valence electrons. The minimum atomic E-state index is 0.0676. The van der Waals surface area contributed by atoms with Crippen molar-refractivity contribution in [1.29, 1.82) is 0 Å². The highest BCUT2D eigenvalue weighted by atomic mass is 35.5. The SMILES string of the molecule is CCN(CC)c1ccc(/C=C/C2=[N+](C)c3ccc(Cl)cc3C23CCCCC3)c(OC)c1. The van der Waals surface area contributed by atoms with Gasteiger partial charge in [-0.2, -0.15) is 4.58 Å². The highest BCUT2D eigenvalue weighted by Gasteiger charge is 2.50. The summed E-state index contributed by atoms with van der Waals surface area (Å²) in [4.78, 5) is 2.34. The Morgan fingerprint density at radius 3 is 2.45 bits per heavy atom. The Bertz CT molecular complexity index is 1010. The van der Waals surface area contributed by atoms with Gasteiger partial charge in [0.25, 0.3) is 0 Å². The summed E-state index contributed by atoms with van der Waals surface area (Å²) >= 11 is 6.43. The lowest BCUT2D eigenvalue weighted by Gasteiger charge is -2.31. The number of allylic oxidation sites excluding steroid dienone is 1. The zero-order valence-electron chi connectivity index (χ0n) is 19.2. The highest BCUT2D eigenvalue weighted by molar-refractivity contribution is 6.30. The largest absolute Gasteiger partial charge is 0.496 e. The van der Waals surface area contributed by atoms with E-state index in [-0.39, 0.29) is 5.41 Å². The summed E-state index contributed by atoms with van der Waals surface area (Å²) in [5, 5.41) is 0.830. The smallest absolute Gasteiger partial charge is 0.209 e. The van der Waals surface area contributed by atoms with Crippen LogP contribution in [0.2, 0.25) is 5.02 Å². The van der Waals surface area contributed by atoms with Gasteiger partial charge in [-0.1, -0.05) is 30.9 Å². The van der Waals surface area contributed by atoms with E-state index >= 15 is 0 Å². The molecule has 31 heavy (non-hydrogen) atoms. The number of methoxy groups -OCH3 is 1. The predicted molar refractivity (Wildman–Crippen MR) is 133 cm³/mol. The topological polar surface area (TPSA) is 15.5 Å². The zero-order chi connectivity index (χ0) is 22.0. The molecule has 3 nitrogen and oxygen atoms in total. The molecule has 1 aliphatic carbocycles. The molecule has 1 fully saturated rings. The molecule has 2 aromatic rings. The number of rotatable bonds is 6. The Morgan fingerprint density at radius 1 is 1.03 bits per heavy atom. The van der Waals surface area contributed by atoms with Crippen LogP contribution in [-0.4, -0.2) is 37.5 Å². The van der Waals surface area contributed by atoms with Crippen molar-refractivity contribution in [2.24, 2.45) is 0 Å². The Morgan fingerprint density at radius 2 is 1.77 bits per heavy atom. The van der Waals surface area contributed by atoms with Crippen LogP contribution in [0.25, 0.3) is 6.08 Å².